The lowest BCUT2D eigenvalue weighted by Crippen LogP contribution is -2.44. The third-order valence-electron chi connectivity index (χ3n) is 3.10. The summed E-state index contributed by atoms with van der Waals surface area (Å²) < 4.78 is 37.9. The molecule has 0 saturated carbocycles. The summed E-state index contributed by atoms with van der Waals surface area (Å²) in [6.45, 7) is 1.79. The van der Waals surface area contributed by atoms with Gasteiger partial charge in [0.1, 0.15) is 11.5 Å². The molecule has 1 saturated heterocycles. The quantitative estimate of drug-likeness (QED) is 0.842. The molecule has 0 aliphatic carbocycles. The Balaban J connectivity index is 2.07. The second kappa shape index (κ2) is 4.62. The van der Waals surface area contributed by atoms with Crippen molar-refractivity contribution in [3.05, 3.63) is 17.7 Å². The van der Waals surface area contributed by atoms with E-state index < -0.39 is 18.0 Å². The Morgan fingerprint density at radius 3 is 2.83 bits per heavy atom. The van der Waals surface area contributed by atoms with Crippen LogP contribution in [0.1, 0.15) is 29.2 Å². The van der Waals surface area contributed by atoms with E-state index in [0.717, 1.165) is 0 Å². The number of piperidine rings is 1. The molecule has 1 atom stereocenters. The predicted octanol–water partition coefficient (Wildman–Crippen LogP) is 2.13. The highest BCUT2D eigenvalue weighted by atomic mass is 19.4. The van der Waals surface area contributed by atoms with Crippen LogP contribution in [0.3, 0.4) is 0 Å². The van der Waals surface area contributed by atoms with Crippen molar-refractivity contribution in [1.82, 2.24) is 14.9 Å². The number of aromatic nitrogens is 2. The number of hydrogen-bond acceptors (Lipinski definition) is 2. The van der Waals surface area contributed by atoms with Gasteiger partial charge in [-0.3, -0.25) is 4.79 Å². The average Bonchev–Trinajstić information content (AvgIpc) is 2.74. The third kappa shape index (κ3) is 2.65. The van der Waals surface area contributed by atoms with Gasteiger partial charge in [0, 0.05) is 13.1 Å². The average molecular weight is 261 g/mol. The maximum absolute atomic E-state index is 12.6. The molecule has 18 heavy (non-hydrogen) atoms. The number of likely N-dealkylation sites (tertiary alicyclic amines) is 1. The van der Waals surface area contributed by atoms with Crippen molar-refractivity contribution in [3.63, 3.8) is 0 Å². The summed E-state index contributed by atoms with van der Waals surface area (Å²) in [5, 5.41) is 0. The molecule has 2 rings (SSSR count). The maximum Gasteiger partial charge on any atom is 0.393 e. The lowest BCUT2D eigenvalue weighted by molar-refractivity contribution is -0.184. The molecule has 0 radical (unpaired) electrons. The van der Waals surface area contributed by atoms with E-state index in [1.807, 2.05) is 0 Å². The smallest absolute Gasteiger partial charge is 0.338 e. The number of nitrogens with one attached hydrogen (secondary N) is 1. The van der Waals surface area contributed by atoms with Crippen LogP contribution in [0.4, 0.5) is 13.2 Å². The summed E-state index contributed by atoms with van der Waals surface area (Å²) in [7, 11) is 0. The van der Waals surface area contributed by atoms with Crippen molar-refractivity contribution in [2.45, 2.75) is 25.9 Å². The molecular weight excluding hydrogens is 247 g/mol. The number of amides is 1. The SMILES string of the molecule is Cc1ncc(C(=O)N2CCCC(C(F)(F)F)C2)[nH]1. The van der Waals surface area contributed by atoms with Crippen molar-refractivity contribution < 1.29 is 18.0 Å². The first-order chi connectivity index (χ1) is 8.38. The topological polar surface area (TPSA) is 49.0 Å². The Morgan fingerprint density at radius 1 is 1.56 bits per heavy atom. The summed E-state index contributed by atoms with van der Waals surface area (Å²) in [6.07, 6.45) is -2.41. The number of imidazole rings is 1. The van der Waals surface area contributed by atoms with Crippen LogP contribution in [0.15, 0.2) is 6.20 Å². The lowest BCUT2D eigenvalue weighted by Gasteiger charge is -2.33. The Morgan fingerprint density at radius 2 is 2.28 bits per heavy atom. The zero-order valence-electron chi connectivity index (χ0n) is 9.92. The van der Waals surface area contributed by atoms with Gasteiger partial charge in [0.25, 0.3) is 5.91 Å². The van der Waals surface area contributed by atoms with E-state index in [9.17, 15) is 18.0 Å². The van der Waals surface area contributed by atoms with E-state index in [-0.39, 0.29) is 18.7 Å². The molecule has 1 aromatic rings. The molecule has 1 aliphatic rings. The molecule has 1 aromatic heterocycles. The molecule has 7 heteroatoms. The first-order valence-electron chi connectivity index (χ1n) is 5.75. The van der Waals surface area contributed by atoms with Crippen LogP contribution in [0.2, 0.25) is 0 Å². The first kappa shape index (κ1) is 12.9. The first-order valence-corrected chi connectivity index (χ1v) is 5.75. The van der Waals surface area contributed by atoms with Gasteiger partial charge >= 0.3 is 6.18 Å². The maximum atomic E-state index is 12.6. The van der Waals surface area contributed by atoms with E-state index in [1.54, 1.807) is 6.92 Å². The summed E-state index contributed by atoms with van der Waals surface area (Å²) in [4.78, 5) is 19.8. The molecule has 100 valence electrons. The van der Waals surface area contributed by atoms with E-state index >= 15 is 0 Å². The molecule has 1 amide bonds. The van der Waals surface area contributed by atoms with Crippen molar-refractivity contribution in [2.24, 2.45) is 5.92 Å². The summed E-state index contributed by atoms with van der Waals surface area (Å²) in [5.74, 6) is -1.26. The second-order valence-electron chi connectivity index (χ2n) is 4.51. The van der Waals surface area contributed by atoms with Crippen molar-refractivity contribution in [3.8, 4) is 0 Å². The highest BCUT2D eigenvalue weighted by Gasteiger charge is 2.42. The second-order valence-corrected chi connectivity index (χ2v) is 4.51. The van der Waals surface area contributed by atoms with Gasteiger partial charge in [0.2, 0.25) is 0 Å². The molecule has 1 aliphatic heterocycles. The van der Waals surface area contributed by atoms with Gasteiger partial charge in [0.15, 0.2) is 0 Å². The zero-order valence-corrected chi connectivity index (χ0v) is 9.92. The molecule has 2 heterocycles. The Bertz CT molecular complexity index is 441. The van der Waals surface area contributed by atoms with Gasteiger partial charge < -0.3 is 9.88 Å². The Labute approximate surface area is 102 Å². The fourth-order valence-electron chi connectivity index (χ4n) is 2.13. The Kier molecular flexibility index (Phi) is 3.32. The molecular formula is C11H14F3N3O. The summed E-state index contributed by atoms with van der Waals surface area (Å²) >= 11 is 0. The minimum Gasteiger partial charge on any atom is -0.338 e. The molecule has 4 nitrogen and oxygen atoms in total. The van der Waals surface area contributed by atoms with Crippen LogP contribution in [0.25, 0.3) is 0 Å². The minimum absolute atomic E-state index is 0.0925. The van der Waals surface area contributed by atoms with Gasteiger partial charge in [-0.1, -0.05) is 0 Å². The summed E-state index contributed by atoms with van der Waals surface area (Å²) in [5.41, 5.74) is 0.246. The minimum atomic E-state index is -4.23. The highest BCUT2D eigenvalue weighted by molar-refractivity contribution is 5.92. The third-order valence-corrected chi connectivity index (χ3v) is 3.10. The van der Waals surface area contributed by atoms with Crippen LogP contribution in [0, 0.1) is 12.8 Å². The molecule has 0 spiro atoms. The molecule has 1 unspecified atom stereocenters. The largest absolute Gasteiger partial charge is 0.393 e. The lowest BCUT2D eigenvalue weighted by atomic mass is 9.97. The van der Waals surface area contributed by atoms with Gasteiger partial charge in [-0.05, 0) is 19.8 Å². The normalized spacial score (nSPS) is 21.1. The number of aryl methyl sites for hydroxylation is 1. The molecule has 0 bridgehead atoms. The number of H-pyrrole nitrogens is 1. The molecule has 1 N–H and O–H groups in total. The van der Waals surface area contributed by atoms with Crippen molar-refractivity contribution in [1.29, 1.82) is 0 Å². The van der Waals surface area contributed by atoms with E-state index in [1.165, 1.54) is 11.1 Å². The Hall–Kier alpha value is -1.53. The van der Waals surface area contributed by atoms with E-state index in [4.69, 9.17) is 0 Å². The number of carbonyl (C=O) groups is 1. The number of halogens is 3. The fraction of sp³-hybridized carbons (Fsp3) is 0.636. The van der Waals surface area contributed by atoms with Crippen LogP contribution in [0.5, 0.6) is 0 Å². The monoisotopic (exact) mass is 261 g/mol. The van der Waals surface area contributed by atoms with Gasteiger partial charge in [-0.2, -0.15) is 13.2 Å². The summed E-state index contributed by atoms with van der Waals surface area (Å²) in [6, 6.07) is 0. The van der Waals surface area contributed by atoms with Crippen LogP contribution >= 0.6 is 0 Å². The fourth-order valence-corrected chi connectivity index (χ4v) is 2.13. The number of alkyl halides is 3. The number of aromatic amines is 1. The highest BCUT2D eigenvalue weighted by Crippen LogP contribution is 2.33. The van der Waals surface area contributed by atoms with E-state index in [0.29, 0.717) is 18.8 Å². The zero-order chi connectivity index (χ0) is 13.3. The predicted molar refractivity (Wildman–Crippen MR) is 58.0 cm³/mol. The van der Waals surface area contributed by atoms with Gasteiger partial charge in [-0.15, -0.1) is 0 Å². The molecule has 1 fully saturated rings. The van der Waals surface area contributed by atoms with Crippen LogP contribution in [-0.4, -0.2) is 40.0 Å². The van der Waals surface area contributed by atoms with E-state index in [2.05, 4.69) is 9.97 Å². The molecule has 0 aromatic carbocycles. The van der Waals surface area contributed by atoms with Crippen LogP contribution < -0.4 is 0 Å². The van der Waals surface area contributed by atoms with Crippen molar-refractivity contribution >= 4 is 5.91 Å². The number of hydrogen-bond donors (Lipinski definition) is 1. The van der Waals surface area contributed by atoms with Gasteiger partial charge in [-0.25, -0.2) is 4.98 Å². The number of nitrogens with zero attached hydrogens (tertiary/aromatic N) is 2. The van der Waals surface area contributed by atoms with Crippen LogP contribution in [-0.2, 0) is 0 Å². The standard InChI is InChI=1S/C11H14F3N3O/c1-7-15-5-9(16-7)10(18)17-4-2-3-8(6-17)11(12,13)14/h5,8H,2-4,6H2,1H3,(H,15,16). The number of carbonyl (C=O) groups excluding carboxylic acids is 1. The van der Waals surface area contributed by atoms with Gasteiger partial charge in [0.05, 0.1) is 12.1 Å². The van der Waals surface area contributed by atoms with Crippen molar-refractivity contribution in [2.75, 3.05) is 13.1 Å². The number of rotatable bonds is 1.